The highest BCUT2D eigenvalue weighted by molar-refractivity contribution is 5.85. The third-order valence-corrected chi connectivity index (χ3v) is 5.22. The normalized spacial score (nSPS) is 14.6. The van der Waals surface area contributed by atoms with Gasteiger partial charge in [-0.3, -0.25) is 9.69 Å². The van der Waals surface area contributed by atoms with Gasteiger partial charge in [-0.05, 0) is 55.5 Å². The molecule has 0 atom stereocenters. The number of rotatable bonds is 7. The van der Waals surface area contributed by atoms with Crippen molar-refractivity contribution < 1.29 is 4.79 Å². The molecule has 1 aliphatic rings. The fourth-order valence-electron chi connectivity index (χ4n) is 3.55. The molecule has 28 heavy (non-hydrogen) atoms. The lowest BCUT2D eigenvalue weighted by atomic mass is 9.96. The summed E-state index contributed by atoms with van der Waals surface area (Å²) < 4.78 is 0. The van der Waals surface area contributed by atoms with Gasteiger partial charge in [0.25, 0.3) is 0 Å². The van der Waals surface area contributed by atoms with E-state index >= 15 is 0 Å². The van der Waals surface area contributed by atoms with Crippen LogP contribution in [0.25, 0.3) is 0 Å². The van der Waals surface area contributed by atoms with Gasteiger partial charge in [0.2, 0.25) is 5.91 Å². The van der Waals surface area contributed by atoms with Gasteiger partial charge >= 0.3 is 0 Å². The number of amides is 1. The van der Waals surface area contributed by atoms with Crippen molar-refractivity contribution in [2.24, 2.45) is 5.92 Å². The molecule has 3 N–H and O–H groups in total. The number of benzene rings is 2. The van der Waals surface area contributed by atoms with Crippen molar-refractivity contribution in [3.05, 3.63) is 65.7 Å². The number of aryl methyl sites for hydroxylation is 1. The quantitative estimate of drug-likeness (QED) is 0.659. The average molecular weight is 424 g/mol. The number of likely N-dealkylation sites (tertiary alicyclic amines) is 1. The highest BCUT2D eigenvalue weighted by Gasteiger charge is 2.19. The molecule has 0 unspecified atom stereocenters. The minimum absolute atomic E-state index is 0. The Kier molecular flexibility index (Phi) is 11.0. The lowest BCUT2D eigenvalue weighted by molar-refractivity contribution is -0.121. The number of nitrogens with one attached hydrogen (secondary N) is 1. The van der Waals surface area contributed by atoms with Crippen LogP contribution in [-0.4, -0.2) is 30.4 Å². The van der Waals surface area contributed by atoms with Crippen LogP contribution in [0.2, 0.25) is 0 Å². The first-order chi connectivity index (χ1) is 12.7. The van der Waals surface area contributed by atoms with Crippen molar-refractivity contribution in [2.45, 2.75) is 32.2 Å². The lowest BCUT2D eigenvalue weighted by Crippen LogP contribution is -2.38. The van der Waals surface area contributed by atoms with Gasteiger partial charge in [0.15, 0.2) is 0 Å². The first kappa shape index (κ1) is 24.3. The van der Waals surface area contributed by atoms with Crippen molar-refractivity contribution in [1.29, 1.82) is 0 Å². The Balaban J connectivity index is 0.00000196. The number of carbonyl (C=O) groups excluding carboxylic acids is 1. The second-order valence-corrected chi connectivity index (χ2v) is 7.21. The Morgan fingerprint density at radius 2 is 1.64 bits per heavy atom. The minimum Gasteiger partial charge on any atom is -0.399 e. The van der Waals surface area contributed by atoms with Crippen molar-refractivity contribution >= 4 is 36.4 Å². The Bertz CT molecular complexity index is 704. The molecule has 0 aromatic heterocycles. The van der Waals surface area contributed by atoms with E-state index in [1.165, 1.54) is 5.56 Å². The molecule has 0 aliphatic carbocycles. The van der Waals surface area contributed by atoms with Crippen LogP contribution < -0.4 is 11.1 Å². The zero-order chi connectivity index (χ0) is 18.2. The van der Waals surface area contributed by atoms with Gasteiger partial charge in [-0.2, -0.15) is 0 Å². The summed E-state index contributed by atoms with van der Waals surface area (Å²) in [5.74, 6) is 0.715. The van der Waals surface area contributed by atoms with E-state index in [2.05, 4.69) is 40.5 Å². The molecule has 1 heterocycles. The van der Waals surface area contributed by atoms with E-state index in [0.29, 0.717) is 18.8 Å². The molecule has 0 saturated carbocycles. The van der Waals surface area contributed by atoms with Crippen LogP contribution in [-0.2, 0) is 17.8 Å². The zero-order valence-corrected chi connectivity index (χ0v) is 17.8. The smallest absolute Gasteiger partial charge is 0.220 e. The van der Waals surface area contributed by atoms with Gasteiger partial charge in [0.1, 0.15) is 0 Å². The Morgan fingerprint density at radius 3 is 2.32 bits per heavy atom. The zero-order valence-electron chi connectivity index (χ0n) is 16.2. The van der Waals surface area contributed by atoms with Crippen LogP contribution in [0, 0.1) is 5.92 Å². The maximum absolute atomic E-state index is 12.1. The number of hydrogen-bond acceptors (Lipinski definition) is 3. The molecule has 1 aliphatic heterocycles. The lowest BCUT2D eigenvalue weighted by Gasteiger charge is -2.32. The van der Waals surface area contributed by atoms with E-state index in [0.717, 1.165) is 50.3 Å². The Labute approximate surface area is 180 Å². The van der Waals surface area contributed by atoms with Crippen LogP contribution in [0.1, 0.15) is 30.4 Å². The minimum atomic E-state index is 0. The molecule has 154 valence electrons. The molecule has 4 nitrogen and oxygen atoms in total. The van der Waals surface area contributed by atoms with E-state index in [-0.39, 0.29) is 30.7 Å². The van der Waals surface area contributed by atoms with Crippen molar-refractivity contribution in [3.63, 3.8) is 0 Å². The van der Waals surface area contributed by atoms with Crippen LogP contribution in [0.5, 0.6) is 0 Å². The average Bonchev–Trinajstić information content (AvgIpc) is 2.68. The summed E-state index contributed by atoms with van der Waals surface area (Å²) in [6.45, 7) is 4.03. The third-order valence-electron chi connectivity index (χ3n) is 5.22. The third kappa shape index (κ3) is 7.70. The number of para-hydroxylation sites is 1. The molecule has 3 rings (SSSR count). The summed E-state index contributed by atoms with van der Waals surface area (Å²) in [4.78, 5) is 14.6. The molecule has 1 saturated heterocycles. The van der Waals surface area contributed by atoms with Gasteiger partial charge in [0, 0.05) is 25.2 Å². The highest BCUT2D eigenvalue weighted by atomic mass is 35.5. The standard InChI is InChI=1S/C22H29N3O.2ClH/c23-21-9-5-4-8-20(21)10-11-22(26)24-16-18-12-14-25(15-13-18)17-19-6-2-1-3-7-19;;/h1-9,18H,10-17,23H2,(H,24,26);2*1H. The summed E-state index contributed by atoms with van der Waals surface area (Å²) >= 11 is 0. The molecular weight excluding hydrogens is 393 g/mol. The number of nitrogens with two attached hydrogens (primary N) is 1. The summed E-state index contributed by atoms with van der Waals surface area (Å²) in [6, 6.07) is 18.4. The van der Waals surface area contributed by atoms with E-state index in [1.54, 1.807) is 0 Å². The van der Waals surface area contributed by atoms with E-state index in [4.69, 9.17) is 5.73 Å². The van der Waals surface area contributed by atoms with E-state index in [9.17, 15) is 4.79 Å². The first-order valence-corrected chi connectivity index (χ1v) is 9.57. The molecular formula is C22H31Cl2N3O. The summed E-state index contributed by atoms with van der Waals surface area (Å²) in [5.41, 5.74) is 9.13. The van der Waals surface area contributed by atoms with Gasteiger partial charge in [-0.1, -0.05) is 48.5 Å². The van der Waals surface area contributed by atoms with Crippen LogP contribution in [0.4, 0.5) is 5.69 Å². The van der Waals surface area contributed by atoms with Crippen molar-refractivity contribution in [3.8, 4) is 0 Å². The number of nitrogen functional groups attached to an aromatic ring is 1. The van der Waals surface area contributed by atoms with Crippen LogP contribution >= 0.6 is 24.8 Å². The SMILES string of the molecule is Cl.Cl.Nc1ccccc1CCC(=O)NCC1CCN(Cc2ccccc2)CC1. The van der Waals surface area contributed by atoms with Gasteiger partial charge in [0.05, 0.1) is 0 Å². The molecule has 0 bridgehead atoms. The molecule has 2 aromatic carbocycles. The molecule has 2 aromatic rings. The first-order valence-electron chi connectivity index (χ1n) is 9.57. The van der Waals surface area contributed by atoms with Gasteiger partial charge in [-0.25, -0.2) is 0 Å². The maximum Gasteiger partial charge on any atom is 0.220 e. The number of hydrogen-bond donors (Lipinski definition) is 2. The van der Waals surface area contributed by atoms with E-state index in [1.807, 2.05) is 24.3 Å². The maximum atomic E-state index is 12.1. The Morgan fingerprint density at radius 1 is 1.00 bits per heavy atom. The largest absolute Gasteiger partial charge is 0.399 e. The number of halogens is 2. The monoisotopic (exact) mass is 423 g/mol. The van der Waals surface area contributed by atoms with Crippen LogP contribution in [0.15, 0.2) is 54.6 Å². The predicted molar refractivity (Wildman–Crippen MR) is 121 cm³/mol. The molecule has 6 heteroatoms. The number of piperidine rings is 1. The number of nitrogens with zero attached hydrogens (tertiary/aromatic N) is 1. The topological polar surface area (TPSA) is 58.4 Å². The van der Waals surface area contributed by atoms with Gasteiger partial charge < -0.3 is 11.1 Å². The predicted octanol–water partition coefficient (Wildman–Crippen LogP) is 4.07. The molecule has 0 spiro atoms. The molecule has 1 amide bonds. The van der Waals surface area contributed by atoms with Crippen molar-refractivity contribution in [2.75, 3.05) is 25.4 Å². The Hall–Kier alpha value is -1.75. The molecule has 1 fully saturated rings. The van der Waals surface area contributed by atoms with Gasteiger partial charge in [-0.15, -0.1) is 24.8 Å². The summed E-state index contributed by atoms with van der Waals surface area (Å²) in [7, 11) is 0. The summed E-state index contributed by atoms with van der Waals surface area (Å²) in [5, 5.41) is 3.11. The van der Waals surface area contributed by atoms with E-state index < -0.39 is 0 Å². The number of anilines is 1. The fraction of sp³-hybridized carbons (Fsp3) is 0.409. The second kappa shape index (κ2) is 12.7. The van der Waals surface area contributed by atoms with Crippen LogP contribution in [0.3, 0.4) is 0 Å². The highest BCUT2D eigenvalue weighted by Crippen LogP contribution is 2.18. The fourth-order valence-corrected chi connectivity index (χ4v) is 3.55. The van der Waals surface area contributed by atoms with Crippen molar-refractivity contribution in [1.82, 2.24) is 10.2 Å². The summed E-state index contributed by atoms with van der Waals surface area (Å²) in [6.07, 6.45) is 3.51. The second-order valence-electron chi connectivity index (χ2n) is 7.21. The number of carbonyl (C=O) groups is 1. The molecule has 0 radical (unpaired) electrons.